The highest BCUT2D eigenvalue weighted by molar-refractivity contribution is 5.70. The molecule has 8 nitrogen and oxygen atoms in total. The summed E-state index contributed by atoms with van der Waals surface area (Å²) in [6.07, 6.45) is 6.03. The normalized spacial score (nSPS) is 11.6. The van der Waals surface area contributed by atoms with E-state index in [2.05, 4.69) is 6.92 Å². The van der Waals surface area contributed by atoms with Crippen molar-refractivity contribution in [2.24, 2.45) is 0 Å². The number of aliphatic carboxylic acids is 2. The van der Waals surface area contributed by atoms with E-state index in [1.54, 1.807) is 0 Å². The zero-order valence-corrected chi connectivity index (χ0v) is 16.8. The number of rotatable bonds is 18. The summed E-state index contributed by atoms with van der Waals surface area (Å²) in [6, 6.07) is 0. The molecule has 0 aromatic carbocycles. The molecule has 0 rings (SSSR count). The van der Waals surface area contributed by atoms with Gasteiger partial charge in [0, 0.05) is 25.7 Å². The van der Waals surface area contributed by atoms with Crippen LogP contribution >= 0.6 is 0 Å². The Bertz CT molecular complexity index is 475. The van der Waals surface area contributed by atoms with Crippen LogP contribution in [0.1, 0.15) is 90.4 Å². The second-order valence-corrected chi connectivity index (χ2v) is 6.82. The highest BCUT2D eigenvalue weighted by Crippen LogP contribution is 2.14. The predicted molar refractivity (Wildman–Crippen MR) is 102 cm³/mol. The fraction of sp³-hybridized carbons (Fsp3) is 0.800. The fourth-order valence-corrected chi connectivity index (χ4v) is 2.60. The first-order chi connectivity index (χ1) is 13.3. The number of unbranched alkanes of at least 4 members (excludes halogenated alkanes) is 3. The van der Waals surface area contributed by atoms with Crippen LogP contribution in [0.15, 0.2) is 0 Å². The van der Waals surface area contributed by atoms with E-state index in [1.807, 2.05) is 0 Å². The van der Waals surface area contributed by atoms with Gasteiger partial charge in [-0.05, 0) is 44.9 Å². The molecule has 0 aromatic heterocycles. The molecule has 0 spiro atoms. The minimum atomic E-state index is -0.872. The molecule has 0 fully saturated rings. The molecular formula is C20H34O8. The highest BCUT2D eigenvalue weighted by atomic mass is 16.5. The number of ether oxygens (including phenoxy) is 2. The van der Waals surface area contributed by atoms with E-state index in [-0.39, 0.29) is 50.3 Å². The zero-order valence-electron chi connectivity index (χ0n) is 16.8. The Balaban J connectivity index is 3.97. The molecule has 2 N–H and O–H groups in total. The van der Waals surface area contributed by atoms with Gasteiger partial charge in [0.1, 0.15) is 6.10 Å². The first-order valence-electron chi connectivity index (χ1n) is 10.1. The van der Waals surface area contributed by atoms with Gasteiger partial charge < -0.3 is 19.7 Å². The fourth-order valence-electron chi connectivity index (χ4n) is 2.60. The third-order valence-electron chi connectivity index (χ3n) is 4.15. The second kappa shape index (κ2) is 17.0. The largest absolute Gasteiger partial charge is 0.481 e. The van der Waals surface area contributed by atoms with Crippen molar-refractivity contribution in [3.63, 3.8) is 0 Å². The lowest BCUT2D eigenvalue weighted by Crippen LogP contribution is -2.19. The third kappa shape index (κ3) is 17.3. The number of hydrogen-bond acceptors (Lipinski definition) is 6. The monoisotopic (exact) mass is 402 g/mol. The van der Waals surface area contributed by atoms with Crippen LogP contribution in [0.3, 0.4) is 0 Å². The van der Waals surface area contributed by atoms with Crippen molar-refractivity contribution in [2.75, 3.05) is 6.61 Å². The van der Waals surface area contributed by atoms with Gasteiger partial charge in [-0.1, -0.05) is 19.8 Å². The third-order valence-corrected chi connectivity index (χ3v) is 4.15. The Kier molecular flexibility index (Phi) is 15.7. The Hall–Kier alpha value is -2.12. The summed E-state index contributed by atoms with van der Waals surface area (Å²) in [5, 5.41) is 17.1. The number of hydrogen-bond donors (Lipinski definition) is 2. The van der Waals surface area contributed by atoms with Gasteiger partial charge in [0.2, 0.25) is 0 Å². The van der Waals surface area contributed by atoms with Crippen LogP contribution in [0, 0.1) is 0 Å². The maximum absolute atomic E-state index is 11.9. The number of carbonyl (C=O) groups is 4. The van der Waals surface area contributed by atoms with E-state index in [1.165, 1.54) is 0 Å². The molecule has 0 saturated carbocycles. The first-order valence-corrected chi connectivity index (χ1v) is 10.1. The summed E-state index contributed by atoms with van der Waals surface area (Å²) in [5.74, 6) is -2.40. The molecular weight excluding hydrogens is 368 g/mol. The molecule has 28 heavy (non-hydrogen) atoms. The van der Waals surface area contributed by atoms with Gasteiger partial charge in [0.05, 0.1) is 6.61 Å². The second-order valence-electron chi connectivity index (χ2n) is 6.82. The molecule has 8 heteroatoms. The average Bonchev–Trinajstić information content (AvgIpc) is 2.63. The van der Waals surface area contributed by atoms with Crippen LogP contribution in [-0.2, 0) is 28.7 Å². The van der Waals surface area contributed by atoms with Gasteiger partial charge in [0.25, 0.3) is 0 Å². The molecule has 0 saturated heterocycles. The van der Waals surface area contributed by atoms with E-state index >= 15 is 0 Å². The van der Waals surface area contributed by atoms with Gasteiger partial charge in [-0.25, -0.2) is 0 Å². The van der Waals surface area contributed by atoms with Gasteiger partial charge in [-0.3, -0.25) is 19.2 Å². The smallest absolute Gasteiger partial charge is 0.306 e. The van der Waals surface area contributed by atoms with Crippen molar-refractivity contribution in [3.8, 4) is 0 Å². The quantitative estimate of drug-likeness (QED) is 0.262. The van der Waals surface area contributed by atoms with Gasteiger partial charge in [-0.2, -0.15) is 0 Å². The minimum Gasteiger partial charge on any atom is -0.481 e. The van der Waals surface area contributed by atoms with Crippen molar-refractivity contribution in [2.45, 2.75) is 96.5 Å². The lowest BCUT2D eigenvalue weighted by molar-refractivity contribution is -0.151. The summed E-state index contributed by atoms with van der Waals surface area (Å²) in [7, 11) is 0. The van der Waals surface area contributed by atoms with Crippen LogP contribution in [0.4, 0.5) is 0 Å². The number of esters is 2. The van der Waals surface area contributed by atoms with E-state index in [0.29, 0.717) is 38.5 Å². The van der Waals surface area contributed by atoms with Crippen LogP contribution in [0.25, 0.3) is 0 Å². The zero-order chi connectivity index (χ0) is 21.2. The molecule has 0 bridgehead atoms. The van der Waals surface area contributed by atoms with Crippen LogP contribution < -0.4 is 0 Å². The summed E-state index contributed by atoms with van der Waals surface area (Å²) in [6.45, 7) is 2.30. The summed E-state index contributed by atoms with van der Waals surface area (Å²) in [4.78, 5) is 44.3. The maximum atomic E-state index is 11.9. The molecule has 0 aliphatic heterocycles. The topological polar surface area (TPSA) is 127 Å². The number of carboxylic acids is 2. The number of carbonyl (C=O) groups excluding carboxylic acids is 2. The lowest BCUT2D eigenvalue weighted by atomic mass is 10.1. The molecule has 0 aliphatic rings. The standard InChI is InChI=1S/C20H34O8/c1-2-3-9-16(28-20(26)14-7-5-12-18(23)24)10-8-15-27-19(25)13-6-4-11-17(21)22/h16H,2-15H2,1H3,(H,21,22)(H,23,24). The van der Waals surface area contributed by atoms with Crippen molar-refractivity contribution in [1.82, 2.24) is 0 Å². The molecule has 0 heterocycles. The SMILES string of the molecule is CCCCC(CCCOC(=O)CCCCC(=O)O)OC(=O)CCCCC(=O)O. The lowest BCUT2D eigenvalue weighted by Gasteiger charge is -2.18. The van der Waals surface area contributed by atoms with E-state index in [9.17, 15) is 19.2 Å². The van der Waals surface area contributed by atoms with Crippen molar-refractivity contribution < 1.29 is 38.9 Å². The first kappa shape index (κ1) is 25.9. The Morgan fingerprint density at radius 2 is 1.21 bits per heavy atom. The van der Waals surface area contributed by atoms with Crippen molar-refractivity contribution in [1.29, 1.82) is 0 Å². The minimum absolute atomic E-state index is 0.0497. The van der Waals surface area contributed by atoms with Crippen molar-refractivity contribution in [3.05, 3.63) is 0 Å². The Labute approximate surface area is 166 Å². The molecule has 0 aliphatic carbocycles. The van der Waals surface area contributed by atoms with Crippen LogP contribution in [0.5, 0.6) is 0 Å². The Morgan fingerprint density at radius 1 is 0.714 bits per heavy atom. The molecule has 0 amide bonds. The maximum Gasteiger partial charge on any atom is 0.306 e. The summed E-state index contributed by atoms with van der Waals surface area (Å²) < 4.78 is 10.6. The molecule has 0 radical (unpaired) electrons. The van der Waals surface area contributed by atoms with E-state index in [0.717, 1.165) is 19.3 Å². The van der Waals surface area contributed by atoms with Crippen LogP contribution in [0.2, 0.25) is 0 Å². The van der Waals surface area contributed by atoms with Gasteiger partial charge in [-0.15, -0.1) is 0 Å². The van der Waals surface area contributed by atoms with Crippen LogP contribution in [-0.4, -0.2) is 46.8 Å². The predicted octanol–water partition coefficient (Wildman–Crippen LogP) is 3.70. The van der Waals surface area contributed by atoms with Crippen molar-refractivity contribution >= 4 is 23.9 Å². The highest BCUT2D eigenvalue weighted by Gasteiger charge is 2.14. The summed E-state index contributed by atoms with van der Waals surface area (Å²) >= 11 is 0. The molecule has 0 aromatic rings. The molecule has 162 valence electrons. The molecule has 1 atom stereocenters. The Morgan fingerprint density at radius 3 is 1.75 bits per heavy atom. The van der Waals surface area contributed by atoms with E-state index in [4.69, 9.17) is 19.7 Å². The van der Waals surface area contributed by atoms with E-state index < -0.39 is 11.9 Å². The van der Waals surface area contributed by atoms with Gasteiger partial charge in [0.15, 0.2) is 0 Å². The average molecular weight is 402 g/mol. The molecule has 1 unspecified atom stereocenters. The number of carboxylic acid groups (broad SMARTS) is 2. The van der Waals surface area contributed by atoms with Gasteiger partial charge >= 0.3 is 23.9 Å². The summed E-state index contributed by atoms with van der Waals surface area (Å²) in [5.41, 5.74) is 0.